The summed E-state index contributed by atoms with van der Waals surface area (Å²) < 4.78 is 5.51. The zero-order chi connectivity index (χ0) is 13.0. The minimum Gasteiger partial charge on any atom is -0.468 e. The van der Waals surface area contributed by atoms with Crippen molar-refractivity contribution in [3.8, 4) is 5.19 Å². The molecule has 1 heterocycles. The molecule has 1 fully saturated rings. The molecule has 1 aliphatic rings. The van der Waals surface area contributed by atoms with E-state index in [1.807, 2.05) is 0 Å². The van der Waals surface area contributed by atoms with E-state index in [4.69, 9.17) is 10.5 Å². The molecule has 0 unspecified atom stereocenters. The average Bonchev–Trinajstić information content (AvgIpc) is 2.71. The lowest BCUT2D eigenvalue weighted by Gasteiger charge is -2.27. The molecule has 0 saturated heterocycles. The van der Waals surface area contributed by atoms with E-state index in [1.165, 1.54) is 19.0 Å². The number of nitrogens with two attached hydrogens (primary N) is 1. The summed E-state index contributed by atoms with van der Waals surface area (Å²) in [5, 5.41) is 10.9. The first-order chi connectivity index (χ1) is 8.59. The number of nitro groups is 1. The molecule has 0 spiro atoms. The Labute approximate surface area is 109 Å². The molecule has 0 aromatic carbocycles. The first kappa shape index (κ1) is 13.2. The monoisotopic (exact) mass is 271 g/mol. The van der Waals surface area contributed by atoms with Gasteiger partial charge >= 0.3 is 5.00 Å². The van der Waals surface area contributed by atoms with E-state index >= 15 is 0 Å². The third kappa shape index (κ3) is 3.39. The molecule has 0 radical (unpaired) electrons. The molecular formula is C11H17N3O3S. The van der Waals surface area contributed by atoms with Crippen LogP contribution in [-0.4, -0.2) is 22.1 Å². The van der Waals surface area contributed by atoms with Crippen LogP contribution in [0.3, 0.4) is 0 Å². The number of nitrogens with zero attached hydrogens (tertiary/aromatic N) is 2. The van der Waals surface area contributed by atoms with Gasteiger partial charge in [-0.25, -0.2) is 4.98 Å². The fourth-order valence-electron chi connectivity index (χ4n) is 2.18. The minimum absolute atomic E-state index is 0.00284. The normalized spacial score (nSPS) is 19.2. The maximum absolute atomic E-state index is 10.5. The van der Waals surface area contributed by atoms with E-state index in [-0.39, 0.29) is 10.5 Å². The fourth-order valence-corrected chi connectivity index (χ4v) is 2.77. The second-order valence-electron chi connectivity index (χ2n) is 4.79. The number of hydrogen-bond acceptors (Lipinski definition) is 6. The minimum atomic E-state index is -0.464. The van der Waals surface area contributed by atoms with E-state index in [1.54, 1.807) is 0 Å². The standard InChI is InChI=1S/C11H17N3O3S/c12-11(5-3-1-2-4-6-11)8-17-10-13-7-9(18-10)14(15)16/h7H,1-6,8,12H2. The van der Waals surface area contributed by atoms with Crippen LogP contribution in [0.15, 0.2) is 6.20 Å². The molecule has 18 heavy (non-hydrogen) atoms. The van der Waals surface area contributed by atoms with Gasteiger partial charge in [-0.05, 0) is 24.2 Å². The highest BCUT2D eigenvalue weighted by Crippen LogP contribution is 2.30. The lowest BCUT2D eigenvalue weighted by atomic mass is 9.93. The van der Waals surface area contributed by atoms with Crippen LogP contribution in [0, 0.1) is 10.1 Å². The van der Waals surface area contributed by atoms with Gasteiger partial charge in [0.2, 0.25) is 0 Å². The SMILES string of the molecule is NC1(COc2ncc([N+](=O)[O-])s2)CCCCCC1. The number of thiazole rings is 1. The van der Waals surface area contributed by atoms with Crippen LogP contribution in [0.5, 0.6) is 5.19 Å². The van der Waals surface area contributed by atoms with Crippen molar-refractivity contribution in [2.45, 2.75) is 44.1 Å². The van der Waals surface area contributed by atoms with Crippen LogP contribution in [-0.2, 0) is 0 Å². The predicted molar refractivity (Wildman–Crippen MR) is 68.9 cm³/mol. The van der Waals surface area contributed by atoms with E-state index in [0.717, 1.165) is 37.0 Å². The lowest BCUT2D eigenvalue weighted by Crippen LogP contribution is -2.45. The van der Waals surface area contributed by atoms with Crippen LogP contribution < -0.4 is 10.5 Å². The molecule has 1 aromatic rings. The Morgan fingerprint density at radius 3 is 2.67 bits per heavy atom. The highest BCUT2D eigenvalue weighted by Gasteiger charge is 2.27. The van der Waals surface area contributed by atoms with E-state index in [0.29, 0.717) is 11.8 Å². The molecular weight excluding hydrogens is 254 g/mol. The van der Waals surface area contributed by atoms with Gasteiger partial charge in [0.05, 0.1) is 10.5 Å². The summed E-state index contributed by atoms with van der Waals surface area (Å²) in [5.74, 6) is 0. The highest BCUT2D eigenvalue weighted by atomic mass is 32.1. The fraction of sp³-hybridized carbons (Fsp3) is 0.727. The summed E-state index contributed by atoms with van der Waals surface area (Å²) in [6.07, 6.45) is 7.80. The Kier molecular flexibility index (Phi) is 4.13. The van der Waals surface area contributed by atoms with E-state index in [2.05, 4.69) is 4.98 Å². The van der Waals surface area contributed by atoms with Crippen LogP contribution in [0.25, 0.3) is 0 Å². The Morgan fingerprint density at radius 1 is 1.44 bits per heavy atom. The number of aromatic nitrogens is 1. The van der Waals surface area contributed by atoms with Crippen LogP contribution in [0.4, 0.5) is 5.00 Å². The average molecular weight is 271 g/mol. The molecule has 1 saturated carbocycles. The van der Waals surface area contributed by atoms with Gasteiger partial charge in [-0.2, -0.15) is 0 Å². The predicted octanol–water partition coefficient (Wildman–Crippen LogP) is 2.48. The smallest absolute Gasteiger partial charge is 0.347 e. The molecule has 0 amide bonds. The first-order valence-corrected chi connectivity index (χ1v) is 6.93. The highest BCUT2D eigenvalue weighted by molar-refractivity contribution is 7.16. The largest absolute Gasteiger partial charge is 0.468 e. The summed E-state index contributed by atoms with van der Waals surface area (Å²) in [6.45, 7) is 0.387. The van der Waals surface area contributed by atoms with Gasteiger partial charge in [0.15, 0.2) is 0 Å². The van der Waals surface area contributed by atoms with Gasteiger partial charge < -0.3 is 10.5 Å². The molecule has 2 N–H and O–H groups in total. The van der Waals surface area contributed by atoms with Crippen molar-refractivity contribution in [2.75, 3.05) is 6.61 Å². The molecule has 100 valence electrons. The molecule has 2 rings (SSSR count). The van der Waals surface area contributed by atoms with Crippen molar-refractivity contribution in [1.29, 1.82) is 0 Å². The molecule has 1 aliphatic carbocycles. The lowest BCUT2D eigenvalue weighted by molar-refractivity contribution is -0.380. The Bertz CT molecular complexity index is 413. The van der Waals surface area contributed by atoms with Crippen molar-refractivity contribution in [2.24, 2.45) is 5.73 Å². The molecule has 1 aromatic heterocycles. The third-order valence-corrected chi connectivity index (χ3v) is 4.10. The Hall–Kier alpha value is -1.21. The van der Waals surface area contributed by atoms with Crippen molar-refractivity contribution < 1.29 is 9.66 Å². The van der Waals surface area contributed by atoms with Gasteiger partial charge in [0, 0.05) is 0 Å². The van der Waals surface area contributed by atoms with Gasteiger partial charge in [0.1, 0.15) is 12.8 Å². The number of ether oxygens (including phenoxy) is 1. The second kappa shape index (κ2) is 5.62. The zero-order valence-corrected chi connectivity index (χ0v) is 10.9. The van der Waals surface area contributed by atoms with Gasteiger partial charge in [-0.1, -0.05) is 25.7 Å². The summed E-state index contributed by atoms with van der Waals surface area (Å²) >= 11 is 0.946. The number of hydrogen-bond donors (Lipinski definition) is 1. The topological polar surface area (TPSA) is 91.3 Å². The zero-order valence-electron chi connectivity index (χ0n) is 10.1. The summed E-state index contributed by atoms with van der Waals surface area (Å²) in [4.78, 5) is 13.9. The van der Waals surface area contributed by atoms with Crippen LogP contribution >= 0.6 is 11.3 Å². The van der Waals surface area contributed by atoms with Crippen molar-refractivity contribution in [1.82, 2.24) is 4.98 Å². The second-order valence-corrected chi connectivity index (χ2v) is 5.76. The molecule has 0 bridgehead atoms. The molecule has 6 nitrogen and oxygen atoms in total. The van der Waals surface area contributed by atoms with Gasteiger partial charge in [0.25, 0.3) is 5.19 Å². The third-order valence-electron chi connectivity index (χ3n) is 3.23. The van der Waals surface area contributed by atoms with E-state index < -0.39 is 4.92 Å². The molecule has 0 atom stereocenters. The van der Waals surface area contributed by atoms with E-state index in [9.17, 15) is 10.1 Å². The van der Waals surface area contributed by atoms with Crippen molar-refractivity contribution in [3.05, 3.63) is 16.3 Å². The van der Waals surface area contributed by atoms with Crippen molar-refractivity contribution >= 4 is 16.3 Å². The first-order valence-electron chi connectivity index (χ1n) is 6.11. The van der Waals surface area contributed by atoms with Gasteiger partial charge in [-0.3, -0.25) is 10.1 Å². The molecule has 7 heteroatoms. The summed E-state index contributed by atoms with van der Waals surface area (Å²) in [5.41, 5.74) is 5.98. The maximum Gasteiger partial charge on any atom is 0.347 e. The van der Waals surface area contributed by atoms with Gasteiger partial charge in [-0.15, -0.1) is 0 Å². The summed E-state index contributed by atoms with van der Waals surface area (Å²) in [7, 11) is 0. The Balaban J connectivity index is 1.91. The number of rotatable bonds is 4. The van der Waals surface area contributed by atoms with Crippen molar-refractivity contribution in [3.63, 3.8) is 0 Å². The Morgan fingerprint density at radius 2 is 2.11 bits per heavy atom. The van der Waals surface area contributed by atoms with Crippen LogP contribution in [0.2, 0.25) is 0 Å². The van der Waals surface area contributed by atoms with Crippen LogP contribution in [0.1, 0.15) is 38.5 Å². The summed E-state index contributed by atoms with van der Waals surface area (Å²) in [6, 6.07) is 0. The maximum atomic E-state index is 10.5. The molecule has 0 aliphatic heterocycles. The quantitative estimate of drug-likeness (QED) is 0.516.